The van der Waals surface area contributed by atoms with E-state index in [9.17, 15) is 9.18 Å². The molecule has 3 nitrogen and oxygen atoms in total. The van der Waals surface area contributed by atoms with Gasteiger partial charge in [-0.2, -0.15) is 0 Å². The molecule has 0 radical (unpaired) electrons. The average Bonchev–Trinajstić information content (AvgIpc) is 2.32. The monoisotopic (exact) mass is 252 g/mol. The van der Waals surface area contributed by atoms with Gasteiger partial charge >= 0.3 is 0 Å². The van der Waals surface area contributed by atoms with Crippen LogP contribution < -0.4 is 10.6 Å². The van der Waals surface area contributed by atoms with E-state index >= 15 is 0 Å². The Morgan fingerprint density at radius 3 is 2.33 bits per heavy atom. The number of rotatable bonds is 5. The topological polar surface area (TPSA) is 46.3 Å². The summed E-state index contributed by atoms with van der Waals surface area (Å²) in [5, 5.41) is 0. The van der Waals surface area contributed by atoms with Gasteiger partial charge in [0.25, 0.3) is 0 Å². The Bertz CT molecular complexity index is 389. The molecule has 1 atom stereocenters. The third-order valence-electron chi connectivity index (χ3n) is 3.02. The summed E-state index contributed by atoms with van der Waals surface area (Å²) in [5.41, 5.74) is 6.61. The first kappa shape index (κ1) is 14.6. The molecule has 0 saturated carbocycles. The van der Waals surface area contributed by atoms with Crippen LogP contribution in [-0.4, -0.2) is 18.5 Å². The summed E-state index contributed by atoms with van der Waals surface area (Å²) in [7, 11) is 0. The molecule has 18 heavy (non-hydrogen) atoms. The fraction of sp³-hybridized carbons (Fsp3) is 0.500. The zero-order chi connectivity index (χ0) is 13.7. The second-order valence-electron chi connectivity index (χ2n) is 4.73. The molecular formula is C14H21FN2O. The van der Waals surface area contributed by atoms with E-state index < -0.39 is 0 Å². The van der Waals surface area contributed by atoms with Crippen LogP contribution in [0.15, 0.2) is 24.3 Å². The van der Waals surface area contributed by atoms with Gasteiger partial charge in [-0.3, -0.25) is 4.79 Å². The number of nitrogens with two attached hydrogens (primary N) is 1. The van der Waals surface area contributed by atoms with Crippen LogP contribution in [0, 0.1) is 11.7 Å². The first-order valence-corrected chi connectivity index (χ1v) is 6.27. The first-order valence-electron chi connectivity index (χ1n) is 6.27. The van der Waals surface area contributed by atoms with Crippen molar-refractivity contribution in [2.75, 3.05) is 11.4 Å². The summed E-state index contributed by atoms with van der Waals surface area (Å²) in [6, 6.07) is 5.78. The number of carbonyl (C=O) groups excluding carboxylic acids is 1. The van der Waals surface area contributed by atoms with Gasteiger partial charge in [0.05, 0.1) is 0 Å². The number of hydrogen-bond acceptors (Lipinski definition) is 2. The Morgan fingerprint density at radius 1 is 1.33 bits per heavy atom. The van der Waals surface area contributed by atoms with Gasteiger partial charge < -0.3 is 10.6 Å². The molecule has 0 aliphatic rings. The SMILES string of the molecule is CCN(C(=O)CC(N)C(C)C)c1ccc(F)cc1. The fourth-order valence-corrected chi connectivity index (χ4v) is 1.67. The second kappa shape index (κ2) is 6.50. The molecule has 2 N–H and O–H groups in total. The van der Waals surface area contributed by atoms with Crippen molar-refractivity contribution in [2.45, 2.75) is 33.2 Å². The van der Waals surface area contributed by atoms with E-state index in [1.165, 1.54) is 12.1 Å². The van der Waals surface area contributed by atoms with E-state index in [1.54, 1.807) is 17.0 Å². The van der Waals surface area contributed by atoms with Gasteiger partial charge in [0.15, 0.2) is 0 Å². The van der Waals surface area contributed by atoms with Crippen LogP contribution >= 0.6 is 0 Å². The van der Waals surface area contributed by atoms with Gasteiger partial charge in [0.1, 0.15) is 5.82 Å². The van der Waals surface area contributed by atoms with Crippen molar-refractivity contribution < 1.29 is 9.18 Å². The minimum atomic E-state index is -0.305. The zero-order valence-corrected chi connectivity index (χ0v) is 11.2. The van der Waals surface area contributed by atoms with Crippen LogP contribution in [0.4, 0.5) is 10.1 Å². The van der Waals surface area contributed by atoms with Gasteiger partial charge in [-0.25, -0.2) is 4.39 Å². The minimum absolute atomic E-state index is 0.0229. The van der Waals surface area contributed by atoms with Crippen LogP contribution in [-0.2, 0) is 4.79 Å². The number of benzene rings is 1. The summed E-state index contributed by atoms with van der Waals surface area (Å²) in [4.78, 5) is 13.8. The molecular weight excluding hydrogens is 231 g/mol. The predicted molar refractivity (Wildman–Crippen MR) is 71.9 cm³/mol. The Kier molecular flexibility index (Phi) is 5.28. The number of halogens is 1. The van der Waals surface area contributed by atoms with Crippen LogP contribution in [0.2, 0.25) is 0 Å². The molecule has 1 aromatic carbocycles. The predicted octanol–water partition coefficient (Wildman–Crippen LogP) is 2.55. The van der Waals surface area contributed by atoms with E-state index in [1.807, 2.05) is 20.8 Å². The number of nitrogens with zero attached hydrogens (tertiary/aromatic N) is 1. The molecule has 4 heteroatoms. The van der Waals surface area contributed by atoms with Gasteiger partial charge in [0, 0.05) is 24.7 Å². The Morgan fingerprint density at radius 2 is 1.89 bits per heavy atom. The zero-order valence-electron chi connectivity index (χ0n) is 11.2. The van der Waals surface area contributed by atoms with E-state index in [0.29, 0.717) is 18.7 Å². The van der Waals surface area contributed by atoms with Crippen LogP contribution in [0.5, 0.6) is 0 Å². The van der Waals surface area contributed by atoms with E-state index in [2.05, 4.69) is 0 Å². The maximum absolute atomic E-state index is 12.8. The van der Waals surface area contributed by atoms with Crippen molar-refractivity contribution in [1.82, 2.24) is 0 Å². The van der Waals surface area contributed by atoms with E-state index in [4.69, 9.17) is 5.73 Å². The highest BCUT2D eigenvalue weighted by Crippen LogP contribution is 2.17. The highest BCUT2D eigenvalue weighted by Gasteiger charge is 2.18. The molecule has 0 fully saturated rings. The lowest BCUT2D eigenvalue weighted by Gasteiger charge is -2.24. The minimum Gasteiger partial charge on any atom is -0.327 e. The number of anilines is 1. The second-order valence-corrected chi connectivity index (χ2v) is 4.73. The van der Waals surface area contributed by atoms with Crippen LogP contribution in [0.25, 0.3) is 0 Å². The quantitative estimate of drug-likeness (QED) is 0.875. The molecule has 0 aromatic heterocycles. The van der Waals surface area contributed by atoms with Crippen LogP contribution in [0.1, 0.15) is 27.2 Å². The summed E-state index contributed by atoms with van der Waals surface area (Å²) < 4.78 is 12.8. The molecule has 100 valence electrons. The summed E-state index contributed by atoms with van der Waals surface area (Å²) >= 11 is 0. The normalized spacial score (nSPS) is 12.6. The molecule has 1 unspecified atom stereocenters. The lowest BCUT2D eigenvalue weighted by Crippen LogP contribution is -2.38. The van der Waals surface area contributed by atoms with Crippen molar-refractivity contribution in [3.8, 4) is 0 Å². The van der Waals surface area contributed by atoms with Crippen molar-refractivity contribution >= 4 is 11.6 Å². The molecule has 0 heterocycles. The van der Waals surface area contributed by atoms with Gasteiger partial charge in [-0.05, 0) is 37.1 Å². The maximum Gasteiger partial charge on any atom is 0.228 e. The number of carbonyl (C=O) groups is 1. The molecule has 0 aliphatic carbocycles. The smallest absolute Gasteiger partial charge is 0.228 e. The molecule has 1 rings (SSSR count). The summed E-state index contributed by atoms with van der Waals surface area (Å²) in [5.74, 6) is -0.0627. The van der Waals surface area contributed by atoms with Crippen molar-refractivity contribution in [1.29, 1.82) is 0 Å². The molecule has 0 spiro atoms. The van der Waals surface area contributed by atoms with Gasteiger partial charge in [-0.15, -0.1) is 0 Å². The summed E-state index contributed by atoms with van der Waals surface area (Å²) in [6.45, 7) is 6.43. The van der Waals surface area contributed by atoms with Gasteiger partial charge in [0.2, 0.25) is 5.91 Å². The van der Waals surface area contributed by atoms with E-state index in [0.717, 1.165) is 0 Å². The standard InChI is InChI=1S/C14H21FN2O/c1-4-17(12-7-5-11(15)6-8-12)14(18)9-13(16)10(2)3/h5-8,10,13H,4,9,16H2,1-3H3. The highest BCUT2D eigenvalue weighted by molar-refractivity contribution is 5.93. The maximum atomic E-state index is 12.8. The van der Waals surface area contributed by atoms with Crippen molar-refractivity contribution in [3.63, 3.8) is 0 Å². The third-order valence-corrected chi connectivity index (χ3v) is 3.02. The Labute approximate surface area is 108 Å². The lowest BCUT2D eigenvalue weighted by molar-refractivity contribution is -0.119. The molecule has 0 aliphatic heterocycles. The first-order chi connectivity index (χ1) is 8.45. The summed E-state index contributed by atoms with van der Waals surface area (Å²) in [6.07, 6.45) is 0.308. The number of hydrogen-bond donors (Lipinski definition) is 1. The number of amides is 1. The van der Waals surface area contributed by atoms with Crippen LogP contribution in [0.3, 0.4) is 0 Å². The van der Waals surface area contributed by atoms with E-state index in [-0.39, 0.29) is 23.7 Å². The molecule has 1 amide bonds. The molecule has 0 bridgehead atoms. The fourth-order valence-electron chi connectivity index (χ4n) is 1.67. The largest absolute Gasteiger partial charge is 0.327 e. The molecule has 1 aromatic rings. The average molecular weight is 252 g/mol. The Hall–Kier alpha value is -1.42. The van der Waals surface area contributed by atoms with Gasteiger partial charge in [-0.1, -0.05) is 13.8 Å². The Balaban J connectivity index is 2.77. The highest BCUT2D eigenvalue weighted by atomic mass is 19.1. The lowest BCUT2D eigenvalue weighted by atomic mass is 10.0. The molecule has 0 saturated heterocycles. The van der Waals surface area contributed by atoms with Crippen molar-refractivity contribution in [2.24, 2.45) is 11.7 Å². The van der Waals surface area contributed by atoms with Crippen molar-refractivity contribution in [3.05, 3.63) is 30.1 Å². The third kappa shape index (κ3) is 3.81.